The molecule has 196 valence electrons. The second-order valence-corrected chi connectivity index (χ2v) is 10.5. The molecule has 4 rings (SSSR count). The normalized spacial score (nSPS) is 14.4. The van der Waals surface area contributed by atoms with Crippen molar-refractivity contribution in [3.05, 3.63) is 71.0 Å². The molecule has 0 spiro atoms. The quantitative estimate of drug-likeness (QED) is 0.470. The summed E-state index contributed by atoms with van der Waals surface area (Å²) in [5, 5.41) is 7.71. The fraction of sp³-hybridized carbons (Fsp3) is 0.414. The lowest BCUT2D eigenvalue weighted by Crippen LogP contribution is -2.41. The lowest BCUT2D eigenvalue weighted by atomic mass is 9.90. The Hall–Kier alpha value is -3.81. The number of carbonyl (C=O) groups is 2. The monoisotopic (exact) mass is 504 g/mol. The van der Waals surface area contributed by atoms with E-state index in [1.165, 1.54) is 0 Å². The first kappa shape index (κ1) is 26.3. The molecule has 0 aliphatic carbocycles. The van der Waals surface area contributed by atoms with Crippen molar-refractivity contribution in [2.45, 2.75) is 59.0 Å². The number of aryl methyl sites for hydroxylation is 2. The van der Waals surface area contributed by atoms with Crippen LogP contribution in [-0.4, -0.2) is 52.5 Å². The van der Waals surface area contributed by atoms with E-state index in [1.807, 2.05) is 81.8 Å². The van der Waals surface area contributed by atoms with Gasteiger partial charge < -0.3 is 19.7 Å². The van der Waals surface area contributed by atoms with Gasteiger partial charge in [0.2, 0.25) is 0 Å². The number of hydrogen-bond donors (Lipinski definition) is 1. The number of aromatic nitrogens is 2. The number of nitrogens with zero attached hydrogens (tertiary/aromatic N) is 3. The number of hydrogen-bond acceptors (Lipinski definition) is 5. The maximum atomic E-state index is 13.6. The van der Waals surface area contributed by atoms with Crippen molar-refractivity contribution in [1.82, 2.24) is 14.7 Å². The second-order valence-electron chi connectivity index (χ2n) is 10.5. The summed E-state index contributed by atoms with van der Waals surface area (Å²) in [7, 11) is 1.58. The summed E-state index contributed by atoms with van der Waals surface area (Å²) in [5.74, 6) is 0.385. The van der Waals surface area contributed by atoms with Crippen LogP contribution in [-0.2, 0) is 4.74 Å². The Bertz CT molecular complexity index is 1260. The highest BCUT2D eigenvalue weighted by molar-refractivity contribution is 6.06. The van der Waals surface area contributed by atoms with Crippen molar-refractivity contribution >= 4 is 17.7 Å². The van der Waals surface area contributed by atoms with Crippen molar-refractivity contribution < 1.29 is 19.1 Å². The van der Waals surface area contributed by atoms with Crippen LogP contribution in [0.25, 0.3) is 5.69 Å². The van der Waals surface area contributed by atoms with Crippen LogP contribution >= 0.6 is 0 Å². The van der Waals surface area contributed by atoms with E-state index in [0.29, 0.717) is 42.9 Å². The van der Waals surface area contributed by atoms with Gasteiger partial charge in [0.05, 0.1) is 35.9 Å². The largest absolute Gasteiger partial charge is 0.495 e. The first-order valence-corrected chi connectivity index (χ1v) is 12.7. The van der Waals surface area contributed by atoms with Crippen molar-refractivity contribution in [2.75, 3.05) is 25.5 Å². The lowest BCUT2D eigenvalue weighted by Gasteiger charge is -2.34. The molecule has 1 saturated heterocycles. The SMILES string of the molecule is COc1ccccc1NC(=O)c1cnn(-c2c(C)cccc2C)c1C1CCN(C(=O)OC(C)(C)C)CC1. The van der Waals surface area contributed by atoms with Gasteiger partial charge in [0, 0.05) is 19.0 Å². The Morgan fingerprint density at radius 2 is 1.65 bits per heavy atom. The summed E-state index contributed by atoms with van der Waals surface area (Å²) in [6, 6.07) is 13.4. The van der Waals surface area contributed by atoms with E-state index in [1.54, 1.807) is 18.2 Å². The number of carbonyl (C=O) groups excluding carboxylic acids is 2. The zero-order valence-corrected chi connectivity index (χ0v) is 22.5. The standard InChI is InChI=1S/C29H36N4O4/c1-19-10-9-11-20(2)25(19)33-26(21-14-16-32(17-15-21)28(35)37-29(3,4)5)22(18-30-33)27(34)31-23-12-7-8-13-24(23)36-6/h7-13,18,21H,14-17H2,1-6H3,(H,31,34). The third-order valence-corrected chi connectivity index (χ3v) is 6.59. The Morgan fingerprint density at radius 1 is 1.00 bits per heavy atom. The van der Waals surface area contributed by atoms with Gasteiger partial charge in [-0.1, -0.05) is 30.3 Å². The topological polar surface area (TPSA) is 85.7 Å². The number of nitrogens with one attached hydrogen (secondary N) is 1. The Balaban J connectivity index is 1.68. The minimum absolute atomic E-state index is 0.0404. The number of likely N-dealkylation sites (tertiary alicyclic amines) is 1. The van der Waals surface area contributed by atoms with Crippen LogP contribution in [0.4, 0.5) is 10.5 Å². The molecule has 0 unspecified atom stereocenters. The molecule has 0 radical (unpaired) electrons. The van der Waals surface area contributed by atoms with E-state index in [0.717, 1.165) is 22.5 Å². The molecule has 8 heteroatoms. The van der Waals surface area contributed by atoms with Gasteiger partial charge in [0.1, 0.15) is 11.4 Å². The molecular formula is C29H36N4O4. The molecule has 1 aliphatic rings. The first-order chi connectivity index (χ1) is 17.6. The summed E-state index contributed by atoms with van der Waals surface area (Å²) >= 11 is 0. The molecule has 8 nitrogen and oxygen atoms in total. The molecule has 2 heterocycles. The molecular weight excluding hydrogens is 468 g/mol. The molecule has 2 amide bonds. The third kappa shape index (κ3) is 5.79. The fourth-order valence-electron chi connectivity index (χ4n) is 4.84. The second kappa shape index (κ2) is 10.7. The van der Waals surface area contributed by atoms with Gasteiger partial charge in [-0.3, -0.25) is 4.79 Å². The van der Waals surface area contributed by atoms with Crippen molar-refractivity contribution in [2.24, 2.45) is 0 Å². The van der Waals surface area contributed by atoms with Gasteiger partial charge in [-0.25, -0.2) is 9.48 Å². The highest BCUT2D eigenvalue weighted by atomic mass is 16.6. The average Bonchev–Trinajstić information content (AvgIpc) is 3.28. The molecule has 1 aliphatic heterocycles. The fourth-order valence-corrected chi connectivity index (χ4v) is 4.84. The van der Waals surface area contributed by atoms with E-state index in [2.05, 4.69) is 5.32 Å². The number of rotatable bonds is 5. The molecule has 1 N–H and O–H groups in total. The van der Waals surface area contributed by atoms with Crippen molar-refractivity contribution in [3.8, 4) is 11.4 Å². The summed E-state index contributed by atoms with van der Waals surface area (Å²) in [6.45, 7) is 10.8. The predicted molar refractivity (Wildman–Crippen MR) is 144 cm³/mol. The number of piperidine rings is 1. The minimum Gasteiger partial charge on any atom is -0.495 e. The zero-order chi connectivity index (χ0) is 26.7. The minimum atomic E-state index is -0.543. The highest BCUT2D eigenvalue weighted by Gasteiger charge is 2.32. The molecule has 1 fully saturated rings. The van der Waals surface area contributed by atoms with Crippen molar-refractivity contribution in [3.63, 3.8) is 0 Å². The number of amides is 2. The highest BCUT2D eigenvalue weighted by Crippen LogP contribution is 2.35. The van der Waals surface area contributed by atoms with E-state index in [4.69, 9.17) is 14.6 Å². The van der Waals surface area contributed by atoms with Gasteiger partial charge in [0.25, 0.3) is 5.91 Å². The van der Waals surface area contributed by atoms with E-state index >= 15 is 0 Å². The van der Waals surface area contributed by atoms with E-state index < -0.39 is 5.60 Å². The molecule has 1 aromatic heterocycles. The van der Waals surface area contributed by atoms with Crippen LogP contribution in [0.3, 0.4) is 0 Å². The zero-order valence-electron chi connectivity index (χ0n) is 22.5. The van der Waals surface area contributed by atoms with Crippen molar-refractivity contribution in [1.29, 1.82) is 0 Å². The maximum absolute atomic E-state index is 13.6. The third-order valence-electron chi connectivity index (χ3n) is 6.59. The van der Waals surface area contributed by atoms with Crippen LogP contribution in [0.5, 0.6) is 5.75 Å². The maximum Gasteiger partial charge on any atom is 0.410 e. The molecule has 0 saturated carbocycles. The van der Waals surface area contributed by atoms with Crippen LogP contribution in [0.1, 0.15) is 66.7 Å². The predicted octanol–water partition coefficient (Wildman–Crippen LogP) is 5.86. The smallest absolute Gasteiger partial charge is 0.410 e. The average molecular weight is 505 g/mol. The Morgan fingerprint density at radius 3 is 2.27 bits per heavy atom. The van der Waals surface area contributed by atoms with Gasteiger partial charge in [0.15, 0.2) is 0 Å². The number of benzene rings is 2. The molecule has 2 aromatic carbocycles. The summed E-state index contributed by atoms with van der Waals surface area (Å²) < 4.78 is 12.9. The summed E-state index contributed by atoms with van der Waals surface area (Å²) in [5.41, 5.74) is 4.56. The van der Waals surface area contributed by atoms with Crippen LogP contribution in [0.15, 0.2) is 48.7 Å². The molecule has 37 heavy (non-hydrogen) atoms. The lowest BCUT2D eigenvalue weighted by molar-refractivity contribution is 0.0203. The van der Waals surface area contributed by atoms with E-state index in [-0.39, 0.29) is 17.9 Å². The number of anilines is 1. The van der Waals surface area contributed by atoms with E-state index in [9.17, 15) is 9.59 Å². The molecule has 0 atom stereocenters. The van der Waals surface area contributed by atoms with Gasteiger partial charge >= 0.3 is 6.09 Å². The van der Waals surface area contributed by atoms with Gasteiger partial charge in [-0.15, -0.1) is 0 Å². The Labute approximate surface area is 218 Å². The number of methoxy groups -OCH3 is 1. The van der Waals surface area contributed by atoms with Gasteiger partial charge in [-0.2, -0.15) is 5.10 Å². The number of para-hydroxylation sites is 3. The molecule has 3 aromatic rings. The summed E-state index contributed by atoms with van der Waals surface area (Å²) in [4.78, 5) is 28.0. The molecule has 0 bridgehead atoms. The summed E-state index contributed by atoms with van der Waals surface area (Å²) in [6.07, 6.45) is 2.74. The van der Waals surface area contributed by atoms with Crippen LogP contribution in [0.2, 0.25) is 0 Å². The van der Waals surface area contributed by atoms with Crippen LogP contribution in [0, 0.1) is 13.8 Å². The number of ether oxygens (including phenoxy) is 2. The first-order valence-electron chi connectivity index (χ1n) is 12.7. The van der Waals surface area contributed by atoms with Crippen LogP contribution < -0.4 is 10.1 Å². The Kier molecular flexibility index (Phi) is 7.57. The van der Waals surface area contributed by atoms with Gasteiger partial charge in [-0.05, 0) is 70.7 Å².